The third-order valence-corrected chi connectivity index (χ3v) is 3.94. The van der Waals surface area contributed by atoms with Gasteiger partial charge in [0, 0.05) is 12.7 Å². The summed E-state index contributed by atoms with van der Waals surface area (Å²) in [5.41, 5.74) is 6.83. The van der Waals surface area contributed by atoms with Gasteiger partial charge in [-0.15, -0.1) is 0 Å². The van der Waals surface area contributed by atoms with E-state index in [-0.39, 0.29) is 11.7 Å². The summed E-state index contributed by atoms with van der Waals surface area (Å²) < 4.78 is 0. The van der Waals surface area contributed by atoms with Gasteiger partial charge in [-0.2, -0.15) is 0 Å². The maximum Gasteiger partial charge on any atom is 0.240 e. The van der Waals surface area contributed by atoms with Gasteiger partial charge < -0.3 is 15.8 Å². The number of hydrogen-bond acceptors (Lipinski definition) is 3. The predicted octanol–water partition coefficient (Wildman–Crippen LogP) is 1.87. The molecule has 0 unspecified atom stereocenters. The minimum atomic E-state index is -0.825. The first-order chi connectivity index (χ1) is 9.01. The summed E-state index contributed by atoms with van der Waals surface area (Å²) in [6, 6.07) is 7.70. The van der Waals surface area contributed by atoms with Crippen molar-refractivity contribution in [3.8, 4) is 0 Å². The molecule has 0 radical (unpaired) electrons. The van der Waals surface area contributed by atoms with Crippen molar-refractivity contribution in [3.05, 3.63) is 29.8 Å². The Bertz CT molecular complexity index is 504. The third kappa shape index (κ3) is 2.16. The van der Waals surface area contributed by atoms with Gasteiger partial charge in [-0.25, -0.2) is 0 Å². The maximum atomic E-state index is 12.6. The lowest BCUT2D eigenvalue weighted by atomic mass is 9.67. The van der Waals surface area contributed by atoms with Crippen LogP contribution in [0.15, 0.2) is 29.4 Å². The first kappa shape index (κ1) is 13.4. The van der Waals surface area contributed by atoms with Crippen molar-refractivity contribution in [1.82, 2.24) is 0 Å². The second kappa shape index (κ2) is 4.91. The summed E-state index contributed by atoms with van der Waals surface area (Å²) in [5.74, 6) is -0.0967. The Morgan fingerprint density at radius 3 is 2.37 bits per heavy atom. The Balaban J connectivity index is 2.26. The van der Waals surface area contributed by atoms with Crippen LogP contribution in [0.25, 0.3) is 0 Å². The number of carbonyl (C=O) groups is 1. The summed E-state index contributed by atoms with van der Waals surface area (Å²) in [4.78, 5) is 14.2. The van der Waals surface area contributed by atoms with E-state index in [4.69, 9.17) is 10.9 Å². The fourth-order valence-corrected chi connectivity index (χ4v) is 2.41. The molecular weight excluding hydrogens is 242 g/mol. The Morgan fingerprint density at radius 2 is 1.95 bits per heavy atom. The Labute approximate surface area is 112 Å². The number of aryl methyl sites for hydroxylation is 1. The Kier molecular flexibility index (Phi) is 3.46. The lowest BCUT2D eigenvalue weighted by Crippen LogP contribution is -2.54. The average Bonchev–Trinajstić information content (AvgIpc) is 2.37. The molecule has 0 heterocycles. The van der Waals surface area contributed by atoms with Gasteiger partial charge in [0.25, 0.3) is 0 Å². The average molecular weight is 261 g/mol. The van der Waals surface area contributed by atoms with Crippen LogP contribution in [-0.4, -0.2) is 24.0 Å². The van der Waals surface area contributed by atoms with Gasteiger partial charge >= 0.3 is 0 Å². The summed E-state index contributed by atoms with van der Waals surface area (Å²) in [7, 11) is 1.72. The smallest absolute Gasteiger partial charge is 0.240 e. The Hall–Kier alpha value is -2.04. The molecule has 1 amide bonds. The fraction of sp³-hybridized carbons (Fsp3) is 0.429. The first-order valence-corrected chi connectivity index (χ1v) is 6.34. The van der Waals surface area contributed by atoms with E-state index in [9.17, 15) is 4.79 Å². The van der Waals surface area contributed by atoms with Gasteiger partial charge in [0.2, 0.25) is 5.91 Å². The van der Waals surface area contributed by atoms with Crippen molar-refractivity contribution in [1.29, 1.82) is 0 Å². The molecule has 19 heavy (non-hydrogen) atoms. The van der Waals surface area contributed by atoms with Gasteiger partial charge in [-0.3, -0.25) is 4.79 Å². The van der Waals surface area contributed by atoms with E-state index in [1.165, 1.54) is 0 Å². The number of hydrogen-bond donors (Lipinski definition) is 2. The van der Waals surface area contributed by atoms with Crippen molar-refractivity contribution in [2.45, 2.75) is 26.2 Å². The maximum absolute atomic E-state index is 12.6. The molecule has 1 aliphatic carbocycles. The molecule has 2 rings (SSSR count). The van der Waals surface area contributed by atoms with Crippen LogP contribution in [0.3, 0.4) is 0 Å². The predicted molar refractivity (Wildman–Crippen MR) is 74.3 cm³/mol. The third-order valence-electron chi connectivity index (χ3n) is 3.94. The van der Waals surface area contributed by atoms with Crippen molar-refractivity contribution in [2.75, 3.05) is 11.9 Å². The number of rotatable bonds is 3. The van der Waals surface area contributed by atoms with Crippen molar-refractivity contribution in [2.24, 2.45) is 16.3 Å². The van der Waals surface area contributed by atoms with Crippen LogP contribution in [0.2, 0.25) is 0 Å². The van der Waals surface area contributed by atoms with E-state index in [1.807, 2.05) is 31.2 Å². The lowest BCUT2D eigenvalue weighted by Gasteiger charge is -2.41. The molecule has 1 saturated carbocycles. The number of benzene rings is 1. The first-order valence-electron chi connectivity index (χ1n) is 6.34. The van der Waals surface area contributed by atoms with Crippen LogP contribution in [0, 0.1) is 12.3 Å². The number of anilines is 1. The highest BCUT2D eigenvalue weighted by molar-refractivity contribution is 6.13. The minimum Gasteiger partial charge on any atom is -0.409 e. The largest absolute Gasteiger partial charge is 0.409 e. The summed E-state index contributed by atoms with van der Waals surface area (Å²) >= 11 is 0. The van der Waals surface area contributed by atoms with Crippen molar-refractivity contribution in [3.63, 3.8) is 0 Å². The van der Waals surface area contributed by atoms with Crippen LogP contribution >= 0.6 is 0 Å². The van der Waals surface area contributed by atoms with E-state index in [0.717, 1.165) is 17.7 Å². The van der Waals surface area contributed by atoms with Gasteiger partial charge in [-0.1, -0.05) is 29.3 Å². The van der Waals surface area contributed by atoms with Crippen LogP contribution < -0.4 is 10.6 Å². The van der Waals surface area contributed by atoms with Gasteiger partial charge in [-0.05, 0) is 31.9 Å². The van der Waals surface area contributed by atoms with Gasteiger partial charge in [0.15, 0.2) is 5.84 Å². The van der Waals surface area contributed by atoms with Crippen LogP contribution in [0.4, 0.5) is 5.69 Å². The minimum absolute atomic E-state index is 0.0164. The zero-order valence-corrected chi connectivity index (χ0v) is 11.3. The van der Waals surface area contributed by atoms with Crippen molar-refractivity contribution < 1.29 is 10.0 Å². The number of amides is 1. The number of amidine groups is 1. The molecule has 1 aliphatic rings. The molecule has 0 aromatic heterocycles. The van der Waals surface area contributed by atoms with E-state index >= 15 is 0 Å². The van der Waals surface area contributed by atoms with E-state index in [2.05, 4.69) is 5.16 Å². The highest BCUT2D eigenvalue weighted by atomic mass is 16.4. The molecule has 3 N–H and O–H groups in total. The molecule has 0 bridgehead atoms. The topological polar surface area (TPSA) is 78.9 Å². The van der Waals surface area contributed by atoms with Gasteiger partial charge in [0.05, 0.1) is 0 Å². The van der Waals surface area contributed by atoms with Crippen molar-refractivity contribution >= 4 is 17.4 Å². The highest BCUT2D eigenvalue weighted by Crippen LogP contribution is 2.43. The summed E-state index contributed by atoms with van der Waals surface area (Å²) in [5, 5.41) is 11.9. The second-order valence-corrected chi connectivity index (χ2v) is 5.12. The van der Waals surface area contributed by atoms with Crippen LogP contribution in [-0.2, 0) is 4.79 Å². The van der Waals surface area contributed by atoms with E-state index < -0.39 is 5.41 Å². The standard InChI is InChI=1S/C14H19N3O2/c1-10-4-6-11(7-5-10)17(2)13(18)14(8-3-9-14)12(15)16-19/h4-7,19H,3,8-9H2,1-2H3,(H2,15,16). The molecule has 1 aromatic rings. The van der Waals surface area contributed by atoms with Gasteiger partial charge in [0.1, 0.15) is 5.41 Å². The molecule has 1 aromatic carbocycles. The SMILES string of the molecule is Cc1ccc(N(C)C(=O)C2(/C(N)=N/O)CCC2)cc1. The zero-order valence-electron chi connectivity index (χ0n) is 11.3. The molecule has 5 nitrogen and oxygen atoms in total. The molecule has 102 valence electrons. The highest BCUT2D eigenvalue weighted by Gasteiger charge is 2.49. The fourth-order valence-electron chi connectivity index (χ4n) is 2.41. The summed E-state index contributed by atoms with van der Waals surface area (Å²) in [6.07, 6.45) is 2.19. The summed E-state index contributed by atoms with van der Waals surface area (Å²) in [6.45, 7) is 2.00. The molecule has 0 spiro atoms. The van der Waals surface area contributed by atoms with Crippen LogP contribution in [0.1, 0.15) is 24.8 Å². The van der Waals surface area contributed by atoms with E-state index in [1.54, 1.807) is 11.9 Å². The molecular formula is C14H19N3O2. The molecule has 5 heteroatoms. The number of nitrogens with zero attached hydrogens (tertiary/aromatic N) is 2. The number of oxime groups is 1. The normalized spacial score (nSPS) is 17.7. The monoisotopic (exact) mass is 261 g/mol. The molecule has 1 fully saturated rings. The molecule has 0 saturated heterocycles. The number of nitrogens with two attached hydrogens (primary N) is 1. The molecule has 0 atom stereocenters. The van der Waals surface area contributed by atoms with Crippen LogP contribution in [0.5, 0.6) is 0 Å². The Morgan fingerprint density at radius 1 is 1.37 bits per heavy atom. The quantitative estimate of drug-likeness (QED) is 0.377. The second-order valence-electron chi connectivity index (χ2n) is 5.12. The van der Waals surface area contributed by atoms with E-state index in [0.29, 0.717) is 12.8 Å². The zero-order chi connectivity index (χ0) is 14.0. The number of carbonyl (C=O) groups excluding carboxylic acids is 1. The molecule has 0 aliphatic heterocycles. The lowest BCUT2D eigenvalue weighted by molar-refractivity contribution is -0.128.